The van der Waals surface area contributed by atoms with Crippen molar-refractivity contribution < 1.29 is 14.6 Å². The van der Waals surface area contributed by atoms with E-state index < -0.39 is 6.10 Å². The number of hydrogen-bond donors (Lipinski definition) is 1. The Labute approximate surface area is 125 Å². The van der Waals surface area contributed by atoms with E-state index in [1.54, 1.807) is 19.2 Å². The lowest BCUT2D eigenvalue weighted by molar-refractivity contribution is 0.169. The van der Waals surface area contributed by atoms with Crippen LogP contribution in [0.25, 0.3) is 0 Å². The highest BCUT2D eigenvalue weighted by Crippen LogP contribution is 2.41. The largest absolute Gasteiger partial charge is 0.486 e. The van der Waals surface area contributed by atoms with Crippen molar-refractivity contribution in [2.45, 2.75) is 6.10 Å². The monoisotopic (exact) mass is 314 g/mol. The van der Waals surface area contributed by atoms with Gasteiger partial charge in [-0.1, -0.05) is 23.2 Å². The molecule has 106 valence electrons. The Balaban J connectivity index is 2.04. The predicted octanol–water partition coefficient (Wildman–Crippen LogP) is 2.58. The number of aryl methyl sites for hydroxylation is 1. The molecule has 0 saturated heterocycles. The standard InChI is InChI=1S/C13H12Cl2N2O3/c1-17-11(9(15)6-16-17)12(18)7-4-8(14)13-10(5-7)19-2-3-20-13/h4-6,12,18H,2-3H2,1H3. The minimum Gasteiger partial charge on any atom is -0.486 e. The number of nitrogens with zero attached hydrogens (tertiary/aromatic N) is 2. The van der Waals surface area contributed by atoms with Crippen LogP contribution in [-0.4, -0.2) is 28.1 Å². The van der Waals surface area contributed by atoms with Gasteiger partial charge in [0.25, 0.3) is 0 Å². The van der Waals surface area contributed by atoms with Crippen LogP contribution in [0.1, 0.15) is 17.4 Å². The van der Waals surface area contributed by atoms with E-state index >= 15 is 0 Å². The van der Waals surface area contributed by atoms with E-state index in [-0.39, 0.29) is 0 Å². The van der Waals surface area contributed by atoms with E-state index in [1.807, 2.05) is 0 Å². The third-order valence-electron chi connectivity index (χ3n) is 3.13. The Morgan fingerprint density at radius 2 is 2.00 bits per heavy atom. The predicted molar refractivity (Wildman–Crippen MR) is 74.7 cm³/mol. The molecule has 1 unspecified atom stereocenters. The number of ether oxygens (including phenoxy) is 2. The summed E-state index contributed by atoms with van der Waals surface area (Å²) in [7, 11) is 1.71. The van der Waals surface area contributed by atoms with Crippen molar-refractivity contribution >= 4 is 23.2 Å². The molecule has 3 rings (SSSR count). The summed E-state index contributed by atoms with van der Waals surface area (Å²) in [6.07, 6.45) is 0.544. The van der Waals surface area contributed by atoms with Gasteiger partial charge in [0.2, 0.25) is 0 Å². The fourth-order valence-electron chi connectivity index (χ4n) is 2.17. The van der Waals surface area contributed by atoms with Gasteiger partial charge in [-0.2, -0.15) is 5.10 Å². The Morgan fingerprint density at radius 1 is 1.25 bits per heavy atom. The first-order valence-corrected chi connectivity index (χ1v) is 6.78. The number of rotatable bonds is 2. The van der Waals surface area contributed by atoms with Crippen LogP contribution in [-0.2, 0) is 7.05 Å². The van der Waals surface area contributed by atoms with Crippen molar-refractivity contribution in [3.63, 3.8) is 0 Å². The molecule has 1 N–H and O–H groups in total. The molecule has 1 aromatic carbocycles. The second-order valence-corrected chi connectivity index (χ2v) is 5.25. The van der Waals surface area contributed by atoms with Crippen LogP contribution in [0.2, 0.25) is 10.0 Å². The van der Waals surface area contributed by atoms with Gasteiger partial charge < -0.3 is 14.6 Å². The highest BCUT2D eigenvalue weighted by Gasteiger charge is 2.23. The molecule has 1 atom stereocenters. The number of hydrogen-bond acceptors (Lipinski definition) is 4. The highest BCUT2D eigenvalue weighted by atomic mass is 35.5. The van der Waals surface area contributed by atoms with Crippen molar-refractivity contribution in [3.8, 4) is 11.5 Å². The minimum absolute atomic E-state index is 0.394. The number of aliphatic hydroxyl groups is 1. The van der Waals surface area contributed by atoms with E-state index in [0.717, 1.165) is 0 Å². The molecule has 0 saturated carbocycles. The molecule has 1 aromatic heterocycles. The van der Waals surface area contributed by atoms with Gasteiger partial charge in [0, 0.05) is 7.05 Å². The van der Waals surface area contributed by atoms with Crippen LogP contribution < -0.4 is 9.47 Å². The Morgan fingerprint density at radius 3 is 2.70 bits per heavy atom. The maximum atomic E-state index is 10.5. The zero-order valence-electron chi connectivity index (χ0n) is 10.6. The van der Waals surface area contributed by atoms with Gasteiger partial charge in [0.15, 0.2) is 11.5 Å². The molecule has 7 heteroatoms. The Kier molecular flexibility index (Phi) is 3.50. The van der Waals surface area contributed by atoms with Crippen LogP contribution in [0.5, 0.6) is 11.5 Å². The van der Waals surface area contributed by atoms with Gasteiger partial charge >= 0.3 is 0 Å². The second kappa shape index (κ2) is 5.16. The van der Waals surface area contributed by atoms with E-state index in [4.69, 9.17) is 32.7 Å². The van der Waals surface area contributed by atoms with E-state index in [2.05, 4.69) is 5.10 Å². The maximum Gasteiger partial charge on any atom is 0.179 e. The molecule has 20 heavy (non-hydrogen) atoms. The van der Waals surface area contributed by atoms with Crippen LogP contribution in [0.4, 0.5) is 0 Å². The summed E-state index contributed by atoms with van der Waals surface area (Å²) in [6, 6.07) is 3.34. The topological polar surface area (TPSA) is 56.5 Å². The molecule has 2 aromatic rings. The number of benzene rings is 1. The molecule has 2 heterocycles. The van der Waals surface area contributed by atoms with Crippen molar-refractivity contribution in [1.29, 1.82) is 0 Å². The van der Waals surface area contributed by atoms with E-state index in [9.17, 15) is 5.11 Å². The molecule has 0 aliphatic carbocycles. The van der Waals surface area contributed by atoms with Gasteiger partial charge in [-0.15, -0.1) is 0 Å². The van der Waals surface area contributed by atoms with Crippen LogP contribution in [0.3, 0.4) is 0 Å². The molecule has 0 bridgehead atoms. The molecular weight excluding hydrogens is 303 g/mol. The summed E-state index contributed by atoms with van der Waals surface area (Å²) in [5, 5.41) is 15.3. The van der Waals surface area contributed by atoms with Gasteiger partial charge in [-0.05, 0) is 17.7 Å². The zero-order valence-corrected chi connectivity index (χ0v) is 12.1. The lowest BCUT2D eigenvalue weighted by atomic mass is 10.1. The third kappa shape index (κ3) is 2.22. The van der Waals surface area contributed by atoms with Crippen LogP contribution in [0, 0.1) is 0 Å². The van der Waals surface area contributed by atoms with E-state index in [0.29, 0.717) is 46.0 Å². The Hall–Kier alpha value is -1.43. The molecule has 1 aliphatic heterocycles. The van der Waals surface area contributed by atoms with Crippen LogP contribution >= 0.6 is 23.2 Å². The van der Waals surface area contributed by atoms with Crippen molar-refractivity contribution in [3.05, 3.63) is 39.6 Å². The zero-order chi connectivity index (χ0) is 14.3. The average molecular weight is 315 g/mol. The lowest BCUT2D eigenvalue weighted by Gasteiger charge is -2.21. The smallest absolute Gasteiger partial charge is 0.179 e. The summed E-state index contributed by atoms with van der Waals surface area (Å²) in [5.41, 5.74) is 1.07. The average Bonchev–Trinajstić information content (AvgIpc) is 2.77. The highest BCUT2D eigenvalue weighted by molar-refractivity contribution is 6.32. The van der Waals surface area contributed by atoms with E-state index in [1.165, 1.54) is 10.9 Å². The quantitative estimate of drug-likeness (QED) is 0.925. The van der Waals surface area contributed by atoms with Crippen molar-refractivity contribution in [2.75, 3.05) is 13.2 Å². The molecular formula is C13H12Cl2N2O3. The molecule has 0 fully saturated rings. The fraction of sp³-hybridized carbons (Fsp3) is 0.308. The summed E-state index contributed by atoms with van der Waals surface area (Å²) in [4.78, 5) is 0. The third-order valence-corrected chi connectivity index (χ3v) is 3.70. The first-order chi connectivity index (χ1) is 9.58. The number of fused-ring (bicyclic) bond motifs is 1. The van der Waals surface area contributed by atoms with Crippen molar-refractivity contribution in [2.24, 2.45) is 7.05 Å². The number of halogens is 2. The fourth-order valence-corrected chi connectivity index (χ4v) is 2.72. The normalized spacial score (nSPS) is 15.2. The SMILES string of the molecule is Cn1ncc(Cl)c1C(O)c1cc(Cl)c2c(c1)OCCO2. The minimum atomic E-state index is -0.941. The van der Waals surface area contributed by atoms with Gasteiger partial charge in [-0.3, -0.25) is 4.68 Å². The molecule has 1 aliphatic rings. The molecule has 0 spiro atoms. The Bertz CT molecular complexity index is 638. The first kappa shape index (κ1) is 13.5. The molecule has 0 amide bonds. The molecule has 0 radical (unpaired) electrons. The summed E-state index contributed by atoms with van der Waals surface area (Å²) in [6.45, 7) is 0.914. The molecule has 5 nitrogen and oxygen atoms in total. The second-order valence-electron chi connectivity index (χ2n) is 4.43. The summed E-state index contributed by atoms with van der Waals surface area (Å²) < 4.78 is 12.5. The summed E-state index contributed by atoms with van der Waals surface area (Å²) in [5.74, 6) is 1.03. The van der Waals surface area contributed by atoms with Gasteiger partial charge in [0.1, 0.15) is 19.3 Å². The summed E-state index contributed by atoms with van der Waals surface area (Å²) >= 11 is 12.2. The maximum absolute atomic E-state index is 10.5. The lowest BCUT2D eigenvalue weighted by Crippen LogP contribution is -2.16. The van der Waals surface area contributed by atoms with Crippen molar-refractivity contribution in [1.82, 2.24) is 9.78 Å². The first-order valence-electron chi connectivity index (χ1n) is 6.02. The van der Waals surface area contributed by atoms with Gasteiger partial charge in [0.05, 0.1) is 21.9 Å². The number of aliphatic hydroxyl groups excluding tert-OH is 1. The van der Waals surface area contributed by atoms with Gasteiger partial charge in [-0.25, -0.2) is 0 Å². The van der Waals surface area contributed by atoms with Crippen LogP contribution in [0.15, 0.2) is 18.3 Å². The number of aromatic nitrogens is 2.